The molecule has 1 aromatic rings. The highest BCUT2D eigenvalue weighted by Gasteiger charge is 2.36. The van der Waals surface area contributed by atoms with Gasteiger partial charge in [-0.15, -0.1) is 0 Å². The van der Waals surface area contributed by atoms with Crippen LogP contribution in [0.25, 0.3) is 0 Å². The predicted octanol–water partition coefficient (Wildman–Crippen LogP) is 2.72. The van der Waals surface area contributed by atoms with Crippen LogP contribution in [-0.4, -0.2) is 39.8 Å². The van der Waals surface area contributed by atoms with Crippen molar-refractivity contribution in [3.8, 4) is 0 Å². The van der Waals surface area contributed by atoms with E-state index in [0.29, 0.717) is 6.54 Å². The number of hydrogen-bond acceptors (Lipinski definition) is 3. The first-order valence-corrected chi connectivity index (χ1v) is 7.57. The Balaban J connectivity index is 2.04. The van der Waals surface area contributed by atoms with Crippen LogP contribution in [-0.2, 0) is 0 Å². The SMILES string of the molecule is CC(C)(O)C1CCCN1CC(O)c1cccc(Br)c1. The van der Waals surface area contributed by atoms with Gasteiger partial charge >= 0.3 is 0 Å². The minimum atomic E-state index is -0.715. The van der Waals surface area contributed by atoms with Gasteiger partial charge in [-0.05, 0) is 50.9 Å². The summed E-state index contributed by atoms with van der Waals surface area (Å²) >= 11 is 3.42. The van der Waals surface area contributed by atoms with E-state index in [1.165, 1.54) is 0 Å². The Morgan fingerprint density at radius 3 is 2.84 bits per heavy atom. The fourth-order valence-electron chi connectivity index (χ4n) is 2.89. The number of likely N-dealkylation sites (tertiary alicyclic amines) is 1. The molecule has 0 spiro atoms. The Kier molecular flexibility index (Phi) is 4.66. The molecule has 3 nitrogen and oxygen atoms in total. The topological polar surface area (TPSA) is 43.7 Å². The molecule has 0 aliphatic carbocycles. The van der Waals surface area contributed by atoms with E-state index in [1.54, 1.807) is 0 Å². The monoisotopic (exact) mass is 327 g/mol. The van der Waals surface area contributed by atoms with E-state index in [4.69, 9.17) is 0 Å². The maximum atomic E-state index is 10.3. The first-order chi connectivity index (χ1) is 8.88. The third-order valence-electron chi connectivity index (χ3n) is 3.82. The zero-order valence-electron chi connectivity index (χ0n) is 11.5. The van der Waals surface area contributed by atoms with Gasteiger partial charge in [0, 0.05) is 17.1 Å². The molecule has 1 aliphatic rings. The van der Waals surface area contributed by atoms with Crippen LogP contribution < -0.4 is 0 Å². The third kappa shape index (κ3) is 3.78. The molecule has 4 heteroatoms. The van der Waals surface area contributed by atoms with Gasteiger partial charge in [-0.2, -0.15) is 0 Å². The average Bonchev–Trinajstić information content (AvgIpc) is 2.77. The zero-order valence-corrected chi connectivity index (χ0v) is 13.1. The molecule has 1 fully saturated rings. The molecule has 2 unspecified atom stereocenters. The number of nitrogens with zero attached hydrogens (tertiary/aromatic N) is 1. The molecule has 19 heavy (non-hydrogen) atoms. The van der Waals surface area contributed by atoms with Crippen LogP contribution in [0.3, 0.4) is 0 Å². The highest BCUT2D eigenvalue weighted by Crippen LogP contribution is 2.29. The van der Waals surface area contributed by atoms with Gasteiger partial charge in [-0.25, -0.2) is 0 Å². The molecule has 2 atom stereocenters. The van der Waals surface area contributed by atoms with Gasteiger partial charge in [-0.1, -0.05) is 28.1 Å². The number of halogens is 1. The number of hydrogen-bond donors (Lipinski definition) is 2. The van der Waals surface area contributed by atoms with E-state index in [0.717, 1.165) is 29.4 Å². The van der Waals surface area contributed by atoms with Crippen molar-refractivity contribution in [1.82, 2.24) is 4.90 Å². The Morgan fingerprint density at radius 1 is 1.47 bits per heavy atom. The average molecular weight is 328 g/mol. The largest absolute Gasteiger partial charge is 0.389 e. The van der Waals surface area contributed by atoms with Crippen LogP contribution in [0.4, 0.5) is 0 Å². The van der Waals surface area contributed by atoms with Gasteiger partial charge in [-0.3, -0.25) is 4.90 Å². The molecule has 1 heterocycles. The van der Waals surface area contributed by atoms with Crippen molar-refractivity contribution >= 4 is 15.9 Å². The molecule has 1 aromatic carbocycles. The van der Waals surface area contributed by atoms with Gasteiger partial charge in [0.1, 0.15) is 0 Å². The van der Waals surface area contributed by atoms with Crippen molar-refractivity contribution in [2.24, 2.45) is 0 Å². The molecule has 0 radical (unpaired) electrons. The van der Waals surface area contributed by atoms with Gasteiger partial charge in [0.25, 0.3) is 0 Å². The maximum absolute atomic E-state index is 10.3. The van der Waals surface area contributed by atoms with Crippen LogP contribution >= 0.6 is 15.9 Å². The lowest BCUT2D eigenvalue weighted by atomic mass is 9.96. The number of rotatable bonds is 4. The lowest BCUT2D eigenvalue weighted by Crippen LogP contribution is -2.46. The lowest BCUT2D eigenvalue weighted by Gasteiger charge is -2.35. The van der Waals surface area contributed by atoms with Crippen molar-refractivity contribution < 1.29 is 10.2 Å². The van der Waals surface area contributed by atoms with E-state index < -0.39 is 11.7 Å². The van der Waals surface area contributed by atoms with E-state index >= 15 is 0 Å². The van der Waals surface area contributed by atoms with Crippen molar-refractivity contribution in [3.05, 3.63) is 34.3 Å². The number of β-amino-alcohol motifs (C(OH)–C–C–N with tert-alkyl or cyclic N) is 1. The summed E-state index contributed by atoms with van der Waals surface area (Å²) in [5.74, 6) is 0. The lowest BCUT2D eigenvalue weighted by molar-refractivity contribution is -0.0161. The summed E-state index contributed by atoms with van der Waals surface area (Å²) in [5, 5.41) is 20.5. The van der Waals surface area contributed by atoms with Crippen LogP contribution in [0, 0.1) is 0 Å². The van der Waals surface area contributed by atoms with Crippen LogP contribution in [0.5, 0.6) is 0 Å². The molecule has 0 amide bonds. The summed E-state index contributed by atoms with van der Waals surface area (Å²) in [6.45, 7) is 5.22. The normalized spacial score (nSPS) is 22.7. The summed E-state index contributed by atoms with van der Waals surface area (Å²) in [4.78, 5) is 2.20. The molecule has 0 saturated carbocycles. The summed E-state index contributed by atoms with van der Waals surface area (Å²) in [6.07, 6.45) is 1.56. The fraction of sp³-hybridized carbons (Fsp3) is 0.600. The first kappa shape index (κ1) is 15.0. The van der Waals surface area contributed by atoms with Gasteiger partial charge in [0.05, 0.1) is 11.7 Å². The fourth-order valence-corrected chi connectivity index (χ4v) is 3.30. The number of aliphatic hydroxyl groups excluding tert-OH is 1. The van der Waals surface area contributed by atoms with E-state index in [1.807, 2.05) is 38.1 Å². The summed E-state index contributed by atoms with van der Waals surface area (Å²) < 4.78 is 0.976. The van der Waals surface area contributed by atoms with Crippen LogP contribution in [0.15, 0.2) is 28.7 Å². The molecule has 2 rings (SSSR count). The van der Waals surface area contributed by atoms with Crippen LogP contribution in [0.2, 0.25) is 0 Å². The van der Waals surface area contributed by atoms with Crippen molar-refractivity contribution in [2.75, 3.05) is 13.1 Å². The first-order valence-electron chi connectivity index (χ1n) is 6.78. The molecule has 2 N–H and O–H groups in total. The zero-order chi connectivity index (χ0) is 14.0. The second-order valence-corrected chi connectivity index (χ2v) is 6.79. The Bertz CT molecular complexity index is 430. The van der Waals surface area contributed by atoms with Gasteiger partial charge < -0.3 is 10.2 Å². The minimum absolute atomic E-state index is 0.134. The van der Waals surface area contributed by atoms with E-state index in [2.05, 4.69) is 20.8 Å². The molecule has 0 bridgehead atoms. The molecule has 1 saturated heterocycles. The quantitative estimate of drug-likeness (QED) is 0.893. The smallest absolute Gasteiger partial charge is 0.0917 e. The van der Waals surface area contributed by atoms with Crippen molar-refractivity contribution in [1.29, 1.82) is 0 Å². The highest BCUT2D eigenvalue weighted by atomic mass is 79.9. The summed E-state index contributed by atoms with van der Waals surface area (Å²) in [5.41, 5.74) is 0.198. The highest BCUT2D eigenvalue weighted by molar-refractivity contribution is 9.10. The summed E-state index contributed by atoms with van der Waals surface area (Å²) in [6, 6.07) is 7.89. The maximum Gasteiger partial charge on any atom is 0.0917 e. The molecule has 0 aromatic heterocycles. The van der Waals surface area contributed by atoms with Gasteiger partial charge in [0.2, 0.25) is 0 Å². The molecular formula is C15H22BrNO2. The number of benzene rings is 1. The Morgan fingerprint density at radius 2 is 2.21 bits per heavy atom. The molecule has 1 aliphatic heterocycles. The van der Waals surface area contributed by atoms with E-state index in [-0.39, 0.29) is 6.04 Å². The Hall–Kier alpha value is -0.420. The Labute approximate surface area is 123 Å². The van der Waals surface area contributed by atoms with Gasteiger partial charge in [0.15, 0.2) is 0 Å². The van der Waals surface area contributed by atoms with Crippen LogP contribution in [0.1, 0.15) is 38.4 Å². The molecular weight excluding hydrogens is 306 g/mol. The van der Waals surface area contributed by atoms with E-state index in [9.17, 15) is 10.2 Å². The second kappa shape index (κ2) is 5.92. The molecule has 106 valence electrons. The van der Waals surface area contributed by atoms with Crippen molar-refractivity contribution in [2.45, 2.75) is 44.4 Å². The predicted molar refractivity (Wildman–Crippen MR) is 80.0 cm³/mol. The standard InChI is InChI=1S/C15H22BrNO2/c1-15(2,19)14-7-4-8-17(14)10-13(18)11-5-3-6-12(16)9-11/h3,5-6,9,13-14,18-19H,4,7-8,10H2,1-2H3. The second-order valence-electron chi connectivity index (χ2n) is 5.88. The summed E-state index contributed by atoms with van der Waals surface area (Å²) in [7, 11) is 0. The third-order valence-corrected chi connectivity index (χ3v) is 4.31. The minimum Gasteiger partial charge on any atom is -0.389 e. The van der Waals surface area contributed by atoms with Crippen molar-refractivity contribution in [3.63, 3.8) is 0 Å². The number of aliphatic hydroxyl groups is 2.